The average Bonchev–Trinajstić information content (AvgIpc) is 2.65. The lowest BCUT2D eigenvalue weighted by Gasteiger charge is -2.08. The van der Waals surface area contributed by atoms with Crippen molar-refractivity contribution in [2.24, 2.45) is 11.8 Å². The Labute approximate surface area is 98.7 Å². The Morgan fingerprint density at radius 3 is 2.29 bits per heavy atom. The van der Waals surface area contributed by atoms with Gasteiger partial charge in [-0.3, -0.25) is 9.59 Å². The number of carbonyl (C=O) groups is 2. The molecule has 0 aliphatic heterocycles. The highest BCUT2D eigenvalue weighted by Gasteiger charge is 2.19. The third kappa shape index (κ3) is 3.58. The van der Waals surface area contributed by atoms with Gasteiger partial charge in [-0.05, 0) is 0 Å². The minimum atomic E-state index is -0.884. The smallest absolute Gasteiger partial charge is 0.306 e. The molecular formula is C11H16N2O4. The zero-order chi connectivity index (χ0) is 13.0. The van der Waals surface area contributed by atoms with Gasteiger partial charge in [0.05, 0.1) is 23.9 Å². The molecule has 0 saturated carbocycles. The van der Waals surface area contributed by atoms with Crippen LogP contribution in [0.3, 0.4) is 0 Å². The van der Waals surface area contributed by atoms with E-state index in [0.29, 0.717) is 24.2 Å². The lowest BCUT2D eigenvalue weighted by Crippen LogP contribution is -2.16. The van der Waals surface area contributed by atoms with Gasteiger partial charge in [0.15, 0.2) is 0 Å². The van der Waals surface area contributed by atoms with Crippen LogP contribution in [0.4, 0.5) is 0 Å². The third-order valence-electron chi connectivity index (χ3n) is 2.66. The Kier molecular flexibility index (Phi) is 4.25. The standard InChI is InChI=1S/C11H16N2O4/c1-6(10(14)15)3-8-9(13-5-12-8)4-7(2)11(16)17/h5-7H,3-4H2,1-2H3,(H,12,13)(H,14,15)(H,16,17). The molecule has 0 aliphatic carbocycles. The first kappa shape index (κ1) is 13.2. The molecule has 0 bridgehead atoms. The monoisotopic (exact) mass is 240 g/mol. The molecule has 3 N–H and O–H groups in total. The molecule has 1 heterocycles. The van der Waals surface area contributed by atoms with Gasteiger partial charge in [-0.15, -0.1) is 0 Å². The molecule has 1 aromatic heterocycles. The van der Waals surface area contributed by atoms with Crippen molar-refractivity contribution in [3.8, 4) is 0 Å². The summed E-state index contributed by atoms with van der Waals surface area (Å²) in [5.41, 5.74) is 1.33. The van der Waals surface area contributed by atoms with Gasteiger partial charge < -0.3 is 15.2 Å². The van der Waals surface area contributed by atoms with Gasteiger partial charge in [-0.2, -0.15) is 0 Å². The average molecular weight is 240 g/mol. The largest absolute Gasteiger partial charge is 0.481 e. The number of aromatic nitrogens is 2. The maximum atomic E-state index is 10.7. The second-order valence-electron chi connectivity index (χ2n) is 4.21. The van der Waals surface area contributed by atoms with Gasteiger partial charge in [-0.25, -0.2) is 4.98 Å². The summed E-state index contributed by atoms with van der Waals surface area (Å²) in [5.74, 6) is -2.81. The predicted octanol–water partition coefficient (Wildman–Crippen LogP) is 0.936. The zero-order valence-electron chi connectivity index (χ0n) is 9.80. The lowest BCUT2D eigenvalue weighted by molar-refractivity contribution is -0.142. The maximum absolute atomic E-state index is 10.7. The fourth-order valence-corrected chi connectivity index (χ4v) is 1.47. The van der Waals surface area contributed by atoms with Crippen LogP contribution in [-0.4, -0.2) is 32.1 Å². The Hall–Kier alpha value is -1.85. The molecule has 1 rings (SSSR count). The van der Waals surface area contributed by atoms with Gasteiger partial charge in [0.2, 0.25) is 0 Å². The summed E-state index contributed by atoms with van der Waals surface area (Å²) in [6.07, 6.45) is 2.10. The van der Waals surface area contributed by atoms with E-state index >= 15 is 0 Å². The van der Waals surface area contributed by atoms with Crippen molar-refractivity contribution in [3.63, 3.8) is 0 Å². The van der Waals surface area contributed by atoms with E-state index in [-0.39, 0.29) is 0 Å². The van der Waals surface area contributed by atoms with E-state index < -0.39 is 23.8 Å². The van der Waals surface area contributed by atoms with Crippen molar-refractivity contribution in [1.29, 1.82) is 0 Å². The highest BCUT2D eigenvalue weighted by Crippen LogP contribution is 2.14. The van der Waals surface area contributed by atoms with E-state index in [0.717, 1.165) is 0 Å². The van der Waals surface area contributed by atoms with Crippen LogP contribution in [0.5, 0.6) is 0 Å². The van der Waals surface area contributed by atoms with Crippen LogP contribution in [0, 0.1) is 11.8 Å². The summed E-state index contributed by atoms with van der Waals surface area (Å²) in [6, 6.07) is 0. The fourth-order valence-electron chi connectivity index (χ4n) is 1.47. The van der Waals surface area contributed by atoms with Crippen molar-refractivity contribution in [2.45, 2.75) is 26.7 Å². The number of hydrogen-bond donors (Lipinski definition) is 3. The lowest BCUT2D eigenvalue weighted by atomic mass is 10.00. The van der Waals surface area contributed by atoms with Crippen molar-refractivity contribution in [3.05, 3.63) is 17.7 Å². The molecule has 1 aromatic rings. The van der Waals surface area contributed by atoms with E-state index in [2.05, 4.69) is 9.97 Å². The summed E-state index contributed by atoms with van der Waals surface area (Å²) in [7, 11) is 0. The molecule has 0 spiro atoms. The number of carboxylic acids is 2. The van der Waals surface area contributed by atoms with Crippen LogP contribution < -0.4 is 0 Å². The Bertz CT molecular complexity index is 377. The van der Waals surface area contributed by atoms with Crippen LogP contribution in [0.25, 0.3) is 0 Å². The second kappa shape index (κ2) is 5.47. The van der Waals surface area contributed by atoms with Crippen molar-refractivity contribution in [2.75, 3.05) is 0 Å². The van der Waals surface area contributed by atoms with Gasteiger partial charge >= 0.3 is 11.9 Å². The van der Waals surface area contributed by atoms with E-state index in [1.807, 2.05) is 0 Å². The topological polar surface area (TPSA) is 103 Å². The maximum Gasteiger partial charge on any atom is 0.306 e. The van der Waals surface area contributed by atoms with E-state index in [1.54, 1.807) is 13.8 Å². The SMILES string of the molecule is CC(Cc1nc[nH]c1CC(C)C(=O)O)C(=O)O. The molecule has 6 heteroatoms. The van der Waals surface area contributed by atoms with Crippen molar-refractivity contribution >= 4 is 11.9 Å². The van der Waals surface area contributed by atoms with E-state index in [4.69, 9.17) is 10.2 Å². The molecule has 0 saturated heterocycles. The van der Waals surface area contributed by atoms with Gasteiger partial charge in [0.1, 0.15) is 0 Å². The molecule has 17 heavy (non-hydrogen) atoms. The molecule has 94 valence electrons. The Morgan fingerprint density at radius 1 is 1.24 bits per heavy atom. The minimum Gasteiger partial charge on any atom is -0.481 e. The second-order valence-corrected chi connectivity index (χ2v) is 4.21. The fraction of sp³-hybridized carbons (Fsp3) is 0.545. The number of nitrogens with one attached hydrogen (secondary N) is 1. The normalized spacial score (nSPS) is 14.2. The molecule has 0 aliphatic rings. The summed E-state index contributed by atoms with van der Waals surface area (Å²) >= 11 is 0. The first-order valence-corrected chi connectivity index (χ1v) is 5.38. The van der Waals surface area contributed by atoms with Crippen molar-refractivity contribution in [1.82, 2.24) is 9.97 Å². The number of rotatable bonds is 6. The van der Waals surface area contributed by atoms with E-state index in [9.17, 15) is 9.59 Å². The minimum absolute atomic E-state index is 0.306. The Balaban J connectivity index is 2.72. The number of nitrogens with zero attached hydrogens (tertiary/aromatic N) is 1. The molecule has 0 fully saturated rings. The van der Waals surface area contributed by atoms with Gasteiger partial charge in [-0.1, -0.05) is 13.8 Å². The summed E-state index contributed by atoms with van der Waals surface area (Å²) in [4.78, 5) is 28.4. The Morgan fingerprint density at radius 2 is 1.76 bits per heavy atom. The van der Waals surface area contributed by atoms with Crippen LogP contribution >= 0.6 is 0 Å². The zero-order valence-corrected chi connectivity index (χ0v) is 9.80. The highest BCUT2D eigenvalue weighted by molar-refractivity contribution is 5.70. The third-order valence-corrected chi connectivity index (χ3v) is 2.66. The molecule has 6 nitrogen and oxygen atoms in total. The molecule has 0 radical (unpaired) electrons. The molecule has 0 aromatic carbocycles. The number of H-pyrrole nitrogens is 1. The highest BCUT2D eigenvalue weighted by atomic mass is 16.4. The quantitative estimate of drug-likeness (QED) is 0.686. The van der Waals surface area contributed by atoms with Crippen LogP contribution in [-0.2, 0) is 22.4 Å². The number of carboxylic acid groups (broad SMARTS) is 2. The van der Waals surface area contributed by atoms with Crippen LogP contribution in [0.1, 0.15) is 25.2 Å². The number of imidazole rings is 1. The number of aromatic amines is 1. The van der Waals surface area contributed by atoms with Gasteiger partial charge in [0.25, 0.3) is 0 Å². The first-order valence-electron chi connectivity index (χ1n) is 5.38. The predicted molar refractivity (Wildman–Crippen MR) is 59.6 cm³/mol. The summed E-state index contributed by atoms with van der Waals surface area (Å²) in [6.45, 7) is 3.20. The number of hydrogen-bond acceptors (Lipinski definition) is 3. The first-order chi connectivity index (χ1) is 7.91. The van der Waals surface area contributed by atoms with Crippen molar-refractivity contribution < 1.29 is 19.8 Å². The van der Waals surface area contributed by atoms with E-state index in [1.165, 1.54) is 6.33 Å². The summed E-state index contributed by atoms with van der Waals surface area (Å²) < 4.78 is 0. The molecule has 2 unspecified atom stereocenters. The van der Waals surface area contributed by atoms with Gasteiger partial charge in [0, 0.05) is 18.5 Å². The molecule has 0 amide bonds. The summed E-state index contributed by atoms with van der Waals surface area (Å²) in [5, 5.41) is 17.6. The van der Waals surface area contributed by atoms with Crippen LogP contribution in [0.2, 0.25) is 0 Å². The van der Waals surface area contributed by atoms with Crippen LogP contribution in [0.15, 0.2) is 6.33 Å². The number of aliphatic carboxylic acids is 2. The molecule has 2 atom stereocenters. The molecular weight excluding hydrogens is 224 g/mol.